The quantitative estimate of drug-likeness (QED) is 0.0635. The lowest BCUT2D eigenvalue weighted by molar-refractivity contribution is 0.0973. The van der Waals surface area contributed by atoms with E-state index < -0.39 is 0 Å². The van der Waals surface area contributed by atoms with Crippen LogP contribution in [0.15, 0.2) is 175 Å². The molecule has 0 N–H and O–H groups in total. The van der Waals surface area contributed by atoms with Gasteiger partial charge in [-0.1, -0.05) is 164 Å². The fraction of sp³-hybridized carbons (Fsp3) is 0.521. The molecule has 1 aromatic carbocycles. The van der Waals surface area contributed by atoms with Gasteiger partial charge in [-0.15, -0.1) is 0 Å². The molecule has 2 rings (SSSR count). The van der Waals surface area contributed by atoms with Crippen LogP contribution >= 0.6 is 0 Å². The summed E-state index contributed by atoms with van der Waals surface area (Å²) in [6.07, 6.45) is 54.3. The fourth-order valence-electron chi connectivity index (χ4n) is 9.25. The molecule has 0 unspecified atom stereocenters. The molecule has 1 aliphatic rings. The number of hydrogen-bond acceptors (Lipinski definition) is 2. The Morgan fingerprint density at radius 1 is 0.301 bits per heavy atom. The van der Waals surface area contributed by atoms with Crippen LogP contribution in [0.4, 0.5) is 0 Å². The summed E-state index contributed by atoms with van der Waals surface area (Å²) >= 11 is 0. The lowest BCUT2D eigenvalue weighted by atomic mass is 9.83. The minimum Gasteiger partial charge on any atom is -0.289 e. The van der Waals surface area contributed by atoms with Crippen molar-refractivity contribution in [2.24, 2.45) is 0 Å². The van der Waals surface area contributed by atoms with Gasteiger partial charge in [0.05, 0.1) is 0 Å². The average Bonchev–Trinajstić information content (AvgIpc) is 3.33. The summed E-state index contributed by atoms with van der Waals surface area (Å²) in [7, 11) is 0. The van der Waals surface area contributed by atoms with Crippen molar-refractivity contribution in [1.82, 2.24) is 0 Å². The second kappa shape index (κ2) is 37.8. The van der Waals surface area contributed by atoms with Crippen molar-refractivity contribution in [2.45, 2.75) is 245 Å². The molecule has 0 heterocycles. The highest BCUT2D eigenvalue weighted by molar-refractivity contribution is 6.26. The number of allylic oxidation sites excluding steroid dienone is 26. The van der Waals surface area contributed by atoms with Crippen molar-refractivity contribution in [3.8, 4) is 0 Å². The highest BCUT2D eigenvalue weighted by atomic mass is 16.1. The molecule has 1 aromatic rings. The van der Waals surface area contributed by atoms with Crippen LogP contribution in [0, 0.1) is 0 Å². The van der Waals surface area contributed by atoms with Crippen LogP contribution in [0.1, 0.15) is 265 Å². The van der Waals surface area contributed by atoms with Gasteiger partial charge in [-0.25, -0.2) is 0 Å². The maximum Gasteiger partial charge on any atom is 0.190 e. The Labute approximate surface area is 450 Å². The number of hydrogen-bond donors (Lipinski definition) is 0. The Hall–Kier alpha value is -4.82. The number of carbonyl (C=O) groups is 2. The summed E-state index contributed by atoms with van der Waals surface area (Å²) in [6, 6.07) is 7.17. The van der Waals surface area contributed by atoms with Crippen LogP contribution in [-0.4, -0.2) is 11.6 Å². The van der Waals surface area contributed by atoms with Gasteiger partial charge in [0, 0.05) is 22.3 Å². The van der Waals surface area contributed by atoms with Crippen LogP contribution in [0.5, 0.6) is 0 Å². The zero-order valence-corrected chi connectivity index (χ0v) is 49.3. The van der Waals surface area contributed by atoms with Gasteiger partial charge in [-0.3, -0.25) is 9.59 Å². The lowest BCUT2D eigenvalue weighted by Gasteiger charge is -2.18. The molecule has 0 saturated carbocycles. The molecule has 0 radical (unpaired) electrons. The van der Waals surface area contributed by atoms with E-state index in [1.54, 1.807) is 19.1 Å². The highest BCUT2D eigenvalue weighted by Gasteiger charge is 2.28. The molecule has 0 spiro atoms. The molecule has 0 saturated heterocycles. The Bertz CT molecular complexity index is 2310. The zero-order chi connectivity index (χ0) is 54.0. The molecule has 0 atom stereocenters. The maximum atomic E-state index is 13.1. The summed E-state index contributed by atoms with van der Waals surface area (Å²) < 4.78 is 0. The molecule has 0 aliphatic heterocycles. The third-order valence-electron chi connectivity index (χ3n) is 14.5. The highest BCUT2D eigenvalue weighted by Crippen LogP contribution is 2.29. The summed E-state index contributed by atoms with van der Waals surface area (Å²) in [5, 5.41) is 0. The third-order valence-corrected chi connectivity index (χ3v) is 14.5. The first-order valence-electron chi connectivity index (χ1n) is 28.6. The van der Waals surface area contributed by atoms with Crippen LogP contribution < -0.4 is 0 Å². The summed E-state index contributed by atoms with van der Waals surface area (Å²) in [6.45, 7) is 31.2. The van der Waals surface area contributed by atoms with E-state index >= 15 is 0 Å². The first-order chi connectivity index (χ1) is 34.9. The van der Waals surface area contributed by atoms with E-state index in [1.807, 2.05) is 12.1 Å². The van der Waals surface area contributed by atoms with E-state index in [-0.39, 0.29) is 11.6 Å². The number of Topliss-reactive ketones (excluding diaryl/α,β-unsaturated/α-hetero) is 2. The van der Waals surface area contributed by atoms with Gasteiger partial charge in [0.1, 0.15) is 0 Å². The minimum atomic E-state index is -0.0234. The summed E-state index contributed by atoms with van der Waals surface area (Å²) in [5.74, 6) is -0.0324. The van der Waals surface area contributed by atoms with E-state index in [4.69, 9.17) is 0 Å². The minimum absolute atomic E-state index is 0.00898. The summed E-state index contributed by atoms with van der Waals surface area (Å²) in [4.78, 5) is 25.9. The van der Waals surface area contributed by atoms with Crippen molar-refractivity contribution in [2.75, 3.05) is 0 Å². The largest absolute Gasteiger partial charge is 0.289 e. The van der Waals surface area contributed by atoms with Gasteiger partial charge >= 0.3 is 0 Å². The van der Waals surface area contributed by atoms with E-state index in [0.29, 0.717) is 28.7 Å². The Morgan fingerprint density at radius 3 is 0.740 bits per heavy atom. The standard InChI is InChI=1S/C71H104O2/c1-54(2)28-17-29-55(3)30-18-31-56(4)32-19-33-57(5)34-20-35-58(6)36-21-37-59(7)38-22-39-60(8)40-23-41-61(9)42-24-43-62(10)44-25-45-63(11)46-26-47-64(12)48-27-49-65(13)52-53-67-66(14)70(72)68-50-15-16-51-69(68)71(67)73/h15-16,28,30,32,34,36,38,40,42,44,46,48,50-52H,17-27,29,31,33,35,37,39,41,43,45,47,49,53H2,1-14H3/b55-30+,56-32+,57-34+,58-36+,59-38-,60-40+,61-42+,62-44+,63-46+,64-48+,65-52+. The normalized spacial score (nSPS) is 15.5. The van der Waals surface area contributed by atoms with Gasteiger partial charge in [-0.05, 0) is 245 Å². The lowest BCUT2D eigenvalue weighted by Crippen LogP contribution is -2.20. The van der Waals surface area contributed by atoms with Gasteiger partial charge in [0.15, 0.2) is 11.6 Å². The van der Waals surface area contributed by atoms with Crippen molar-refractivity contribution in [1.29, 1.82) is 0 Å². The first kappa shape index (κ1) is 64.3. The molecule has 0 bridgehead atoms. The van der Waals surface area contributed by atoms with E-state index in [0.717, 1.165) is 116 Å². The molecule has 0 amide bonds. The third kappa shape index (κ3) is 30.2. The zero-order valence-electron chi connectivity index (χ0n) is 49.3. The number of benzene rings is 1. The average molecular weight is 990 g/mol. The first-order valence-corrected chi connectivity index (χ1v) is 28.6. The van der Waals surface area contributed by atoms with E-state index in [1.165, 1.54) is 92.6 Å². The summed E-state index contributed by atoms with van der Waals surface area (Å²) in [5.41, 5.74) is 20.0. The Kier molecular flexibility index (Phi) is 33.3. The molecular weight excluding hydrogens is 885 g/mol. The van der Waals surface area contributed by atoms with Crippen molar-refractivity contribution in [3.63, 3.8) is 0 Å². The smallest absolute Gasteiger partial charge is 0.190 e. The fourth-order valence-corrected chi connectivity index (χ4v) is 9.25. The topological polar surface area (TPSA) is 34.1 Å². The van der Waals surface area contributed by atoms with Crippen LogP contribution in [0.25, 0.3) is 0 Å². The second-order valence-electron chi connectivity index (χ2n) is 22.3. The number of fused-ring (bicyclic) bond motifs is 1. The van der Waals surface area contributed by atoms with Gasteiger partial charge in [0.2, 0.25) is 0 Å². The van der Waals surface area contributed by atoms with Gasteiger partial charge < -0.3 is 0 Å². The predicted molar refractivity (Wildman–Crippen MR) is 325 cm³/mol. The number of rotatable bonds is 35. The SMILES string of the molecule is CC(C)=CCC/C(C)=C/CC/C(C)=C/CC/C(C)=C/CC/C(C)=C/CC/C(C)=C\CC/C(C)=C/CC/C(C)=C/CC/C(C)=C/CC/C(C)=C/CC/C(C)=C/CC/C(C)=C/CC1=C(C)C(=O)c2ccccc2C1=O. The molecule has 0 fully saturated rings. The molecule has 1 aliphatic carbocycles. The van der Waals surface area contributed by atoms with Crippen LogP contribution in [0.2, 0.25) is 0 Å². The van der Waals surface area contributed by atoms with E-state index in [2.05, 4.69) is 163 Å². The second-order valence-corrected chi connectivity index (χ2v) is 22.3. The predicted octanol–water partition coefficient (Wildman–Crippen LogP) is 22.7. The molecule has 400 valence electrons. The Morgan fingerprint density at radius 2 is 0.507 bits per heavy atom. The van der Waals surface area contributed by atoms with Crippen molar-refractivity contribution >= 4 is 11.6 Å². The van der Waals surface area contributed by atoms with Gasteiger partial charge in [-0.2, -0.15) is 0 Å². The van der Waals surface area contributed by atoms with Crippen LogP contribution in [-0.2, 0) is 0 Å². The van der Waals surface area contributed by atoms with E-state index in [9.17, 15) is 9.59 Å². The molecule has 73 heavy (non-hydrogen) atoms. The maximum absolute atomic E-state index is 13.1. The number of carbonyl (C=O) groups excluding carboxylic acids is 2. The monoisotopic (exact) mass is 989 g/mol. The van der Waals surface area contributed by atoms with Crippen LogP contribution in [0.3, 0.4) is 0 Å². The Balaban J connectivity index is 1.56. The van der Waals surface area contributed by atoms with Crippen molar-refractivity contribution in [3.05, 3.63) is 186 Å². The van der Waals surface area contributed by atoms with Gasteiger partial charge in [0.25, 0.3) is 0 Å². The molecule has 2 heteroatoms. The number of ketones is 2. The molecule has 0 aromatic heterocycles. The van der Waals surface area contributed by atoms with Crippen molar-refractivity contribution < 1.29 is 9.59 Å². The molecule has 2 nitrogen and oxygen atoms in total. The molecular formula is C71H104O2.